The third-order valence-electron chi connectivity index (χ3n) is 2.76. The van der Waals surface area contributed by atoms with Gasteiger partial charge in [-0.2, -0.15) is 0 Å². The zero-order valence-corrected chi connectivity index (χ0v) is 10.3. The molecule has 0 saturated heterocycles. The van der Waals surface area contributed by atoms with Crippen LogP contribution in [0.3, 0.4) is 0 Å². The number of nitrogens with zero attached hydrogens (tertiary/aromatic N) is 2. The fourth-order valence-corrected chi connectivity index (χ4v) is 1.63. The zero-order valence-electron chi connectivity index (χ0n) is 10.3. The maximum atomic E-state index is 12.2. The molecule has 18 heavy (non-hydrogen) atoms. The van der Waals surface area contributed by atoms with E-state index in [1.165, 1.54) is 23.4 Å². The van der Waals surface area contributed by atoms with Crippen molar-refractivity contribution in [3.05, 3.63) is 53.9 Å². The predicted molar refractivity (Wildman–Crippen MR) is 69.8 cm³/mol. The van der Waals surface area contributed by atoms with Crippen LogP contribution in [0.15, 0.2) is 42.7 Å². The molecule has 0 spiro atoms. The Balaban J connectivity index is 2.29. The molecule has 92 valence electrons. The summed E-state index contributed by atoms with van der Waals surface area (Å²) in [5, 5.41) is 9.61. The molecule has 4 nitrogen and oxygen atoms in total. The fourth-order valence-electron chi connectivity index (χ4n) is 1.63. The van der Waals surface area contributed by atoms with Crippen LogP contribution in [-0.4, -0.2) is 23.0 Å². The Morgan fingerprint density at radius 1 is 1.22 bits per heavy atom. The van der Waals surface area contributed by atoms with E-state index in [2.05, 4.69) is 4.98 Å². The van der Waals surface area contributed by atoms with E-state index < -0.39 is 0 Å². The van der Waals surface area contributed by atoms with E-state index in [9.17, 15) is 9.90 Å². The highest BCUT2D eigenvalue weighted by atomic mass is 16.3. The largest absolute Gasteiger partial charge is 0.505 e. The molecule has 0 aliphatic heterocycles. The lowest BCUT2D eigenvalue weighted by atomic mass is 10.2. The summed E-state index contributed by atoms with van der Waals surface area (Å²) in [7, 11) is 1.67. The number of carbonyl (C=O) groups excluding carboxylic acids is 1. The van der Waals surface area contributed by atoms with E-state index in [-0.39, 0.29) is 17.2 Å². The lowest BCUT2D eigenvalue weighted by Crippen LogP contribution is -2.26. The van der Waals surface area contributed by atoms with Gasteiger partial charge in [0.15, 0.2) is 0 Å². The number of hydrogen-bond acceptors (Lipinski definition) is 3. The van der Waals surface area contributed by atoms with Crippen LogP contribution in [0.25, 0.3) is 0 Å². The van der Waals surface area contributed by atoms with Crippen molar-refractivity contribution in [2.24, 2.45) is 0 Å². The first-order valence-electron chi connectivity index (χ1n) is 5.57. The van der Waals surface area contributed by atoms with Gasteiger partial charge in [0.05, 0.1) is 11.8 Å². The molecule has 0 fully saturated rings. The molecule has 0 aliphatic rings. The maximum Gasteiger partial charge on any atom is 0.261 e. The normalized spacial score (nSPS) is 10.1. The Bertz CT molecular complexity index is 564. The summed E-state index contributed by atoms with van der Waals surface area (Å²) in [6, 6.07) is 9.11. The summed E-state index contributed by atoms with van der Waals surface area (Å²) in [6.45, 7) is 1.99. The van der Waals surface area contributed by atoms with Crippen LogP contribution >= 0.6 is 0 Å². The van der Waals surface area contributed by atoms with Gasteiger partial charge in [-0.1, -0.05) is 17.7 Å². The van der Waals surface area contributed by atoms with Crippen molar-refractivity contribution >= 4 is 11.6 Å². The average Bonchev–Trinajstić information content (AvgIpc) is 2.38. The average molecular weight is 242 g/mol. The molecule has 1 aromatic heterocycles. The molecule has 0 radical (unpaired) electrons. The maximum absolute atomic E-state index is 12.2. The van der Waals surface area contributed by atoms with E-state index >= 15 is 0 Å². The SMILES string of the molecule is Cc1ccc(N(C)C(=O)c2ccncc2O)cc1. The van der Waals surface area contributed by atoms with Gasteiger partial charge in [0, 0.05) is 18.9 Å². The first-order valence-corrected chi connectivity index (χ1v) is 5.57. The number of rotatable bonds is 2. The first kappa shape index (κ1) is 12.1. The van der Waals surface area contributed by atoms with Crippen LogP contribution in [0.1, 0.15) is 15.9 Å². The lowest BCUT2D eigenvalue weighted by molar-refractivity contribution is 0.0990. The van der Waals surface area contributed by atoms with Gasteiger partial charge >= 0.3 is 0 Å². The van der Waals surface area contributed by atoms with Crippen molar-refractivity contribution in [1.82, 2.24) is 4.98 Å². The monoisotopic (exact) mass is 242 g/mol. The number of anilines is 1. The Kier molecular flexibility index (Phi) is 3.28. The molecule has 0 unspecified atom stereocenters. The number of carbonyl (C=O) groups is 1. The highest BCUT2D eigenvalue weighted by Gasteiger charge is 2.16. The molecule has 2 aromatic rings. The second kappa shape index (κ2) is 4.87. The van der Waals surface area contributed by atoms with Gasteiger partial charge < -0.3 is 10.0 Å². The van der Waals surface area contributed by atoms with Crippen LogP contribution in [0.5, 0.6) is 5.75 Å². The van der Waals surface area contributed by atoms with Gasteiger partial charge in [0.2, 0.25) is 0 Å². The van der Waals surface area contributed by atoms with E-state index in [4.69, 9.17) is 0 Å². The minimum Gasteiger partial charge on any atom is -0.505 e. The van der Waals surface area contributed by atoms with Crippen LogP contribution in [0, 0.1) is 6.92 Å². The summed E-state index contributed by atoms with van der Waals surface area (Å²) in [5.41, 5.74) is 2.15. The molecule has 1 amide bonds. The van der Waals surface area contributed by atoms with Crippen molar-refractivity contribution in [3.8, 4) is 5.75 Å². The van der Waals surface area contributed by atoms with Crippen molar-refractivity contribution < 1.29 is 9.90 Å². The van der Waals surface area contributed by atoms with E-state index in [1.807, 2.05) is 31.2 Å². The number of benzene rings is 1. The summed E-state index contributed by atoms with van der Waals surface area (Å²) < 4.78 is 0. The highest BCUT2D eigenvalue weighted by Crippen LogP contribution is 2.20. The minimum atomic E-state index is -0.265. The first-order chi connectivity index (χ1) is 8.59. The summed E-state index contributed by atoms with van der Waals surface area (Å²) >= 11 is 0. The summed E-state index contributed by atoms with van der Waals surface area (Å²) in [5.74, 6) is -0.375. The Hall–Kier alpha value is -2.36. The number of hydrogen-bond donors (Lipinski definition) is 1. The van der Waals surface area contributed by atoms with E-state index in [0.717, 1.165) is 11.3 Å². The van der Waals surface area contributed by atoms with Gasteiger partial charge in [-0.3, -0.25) is 9.78 Å². The number of aryl methyl sites for hydroxylation is 1. The van der Waals surface area contributed by atoms with E-state index in [0.29, 0.717) is 0 Å². The molecule has 0 bridgehead atoms. The van der Waals surface area contributed by atoms with Crippen molar-refractivity contribution in [2.75, 3.05) is 11.9 Å². The Labute approximate surface area is 106 Å². The topological polar surface area (TPSA) is 53.4 Å². The number of amides is 1. The van der Waals surface area contributed by atoms with E-state index in [1.54, 1.807) is 7.05 Å². The fraction of sp³-hybridized carbons (Fsp3) is 0.143. The van der Waals surface area contributed by atoms with Gasteiger partial charge in [-0.05, 0) is 25.1 Å². The molecule has 1 N–H and O–H groups in total. The lowest BCUT2D eigenvalue weighted by Gasteiger charge is -2.17. The molecule has 1 aromatic carbocycles. The molecule has 2 rings (SSSR count). The van der Waals surface area contributed by atoms with Crippen molar-refractivity contribution in [2.45, 2.75) is 6.92 Å². The standard InChI is InChI=1S/C14H14N2O2/c1-10-3-5-11(6-4-10)16(2)14(18)12-7-8-15-9-13(12)17/h3-9,17H,1-2H3. The van der Waals surface area contributed by atoms with Crippen molar-refractivity contribution in [3.63, 3.8) is 0 Å². The second-order valence-electron chi connectivity index (χ2n) is 4.09. The third-order valence-corrected chi connectivity index (χ3v) is 2.76. The molecular formula is C14H14N2O2. The zero-order chi connectivity index (χ0) is 13.1. The Morgan fingerprint density at radius 2 is 1.89 bits per heavy atom. The van der Waals surface area contributed by atoms with Crippen LogP contribution in [0.4, 0.5) is 5.69 Å². The van der Waals surface area contributed by atoms with Gasteiger partial charge in [-0.15, -0.1) is 0 Å². The van der Waals surface area contributed by atoms with Gasteiger partial charge in [0.1, 0.15) is 5.75 Å². The molecule has 4 heteroatoms. The second-order valence-corrected chi connectivity index (χ2v) is 4.09. The van der Waals surface area contributed by atoms with Crippen molar-refractivity contribution in [1.29, 1.82) is 0 Å². The summed E-state index contributed by atoms with van der Waals surface area (Å²) in [6.07, 6.45) is 2.74. The molecule has 0 saturated carbocycles. The van der Waals surface area contributed by atoms with Crippen LogP contribution in [-0.2, 0) is 0 Å². The number of pyridine rings is 1. The summed E-state index contributed by atoms with van der Waals surface area (Å²) in [4.78, 5) is 17.4. The van der Waals surface area contributed by atoms with Crippen LogP contribution in [0.2, 0.25) is 0 Å². The smallest absolute Gasteiger partial charge is 0.261 e. The van der Waals surface area contributed by atoms with Gasteiger partial charge in [-0.25, -0.2) is 0 Å². The molecular weight excluding hydrogens is 228 g/mol. The quantitative estimate of drug-likeness (QED) is 0.879. The predicted octanol–water partition coefficient (Wildman–Crippen LogP) is 2.37. The Morgan fingerprint density at radius 3 is 2.50 bits per heavy atom. The molecule has 0 atom stereocenters. The minimum absolute atomic E-state index is 0.110. The molecule has 0 aliphatic carbocycles. The van der Waals surface area contributed by atoms with Gasteiger partial charge in [0.25, 0.3) is 5.91 Å². The number of aromatic nitrogens is 1. The third kappa shape index (κ3) is 2.32. The molecule has 1 heterocycles. The van der Waals surface area contributed by atoms with Crippen LogP contribution < -0.4 is 4.90 Å². The number of aromatic hydroxyl groups is 1. The highest BCUT2D eigenvalue weighted by molar-refractivity contribution is 6.07.